The number of carbonyl (C=O) groups is 2. The molecule has 0 saturated heterocycles. The van der Waals surface area contributed by atoms with E-state index in [-0.39, 0.29) is 29.0 Å². The second kappa shape index (κ2) is 8.65. The maximum Gasteiger partial charge on any atom is 0.335 e. The van der Waals surface area contributed by atoms with Gasteiger partial charge in [-0.15, -0.1) is 0 Å². The maximum atomic E-state index is 12.5. The fraction of sp³-hybridized carbons (Fsp3) is 0.316. The first-order valence-electron chi connectivity index (χ1n) is 9.03. The van der Waals surface area contributed by atoms with E-state index in [1.807, 2.05) is 19.0 Å². The quantitative estimate of drug-likeness (QED) is 0.577. The van der Waals surface area contributed by atoms with E-state index in [0.29, 0.717) is 31.0 Å². The average Bonchev–Trinajstić information content (AvgIpc) is 3.10. The van der Waals surface area contributed by atoms with Crippen molar-refractivity contribution in [1.29, 1.82) is 0 Å². The number of anilines is 1. The van der Waals surface area contributed by atoms with Crippen molar-refractivity contribution in [3.63, 3.8) is 0 Å². The molecule has 0 unspecified atom stereocenters. The molecule has 0 bridgehead atoms. The largest absolute Gasteiger partial charge is 0.478 e. The van der Waals surface area contributed by atoms with Crippen molar-refractivity contribution < 1.29 is 14.7 Å². The molecule has 0 aliphatic heterocycles. The van der Waals surface area contributed by atoms with Crippen molar-refractivity contribution in [3.8, 4) is 0 Å². The third-order valence-electron chi connectivity index (χ3n) is 4.38. The number of nitrogens with zero attached hydrogens (tertiary/aromatic N) is 5. The first kappa shape index (κ1) is 20.2. The number of nitrogens with one attached hydrogen (secondary N) is 1. The minimum atomic E-state index is -1.02. The van der Waals surface area contributed by atoms with Crippen LogP contribution in [0.25, 0.3) is 11.2 Å². The number of aromatic carboxylic acids is 1. The van der Waals surface area contributed by atoms with Gasteiger partial charge in [0.1, 0.15) is 6.33 Å². The van der Waals surface area contributed by atoms with Gasteiger partial charge in [0.25, 0.3) is 5.56 Å². The lowest BCUT2D eigenvalue weighted by Gasteiger charge is -2.10. The van der Waals surface area contributed by atoms with E-state index in [2.05, 4.69) is 15.3 Å². The highest BCUT2D eigenvalue weighted by molar-refractivity contribution is 5.92. The lowest BCUT2D eigenvalue weighted by molar-refractivity contribution is -0.116. The number of imidazole rings is 1. The fourth-order valence-electron chi connectivity index (χ4n) is 2.75. The summed E-state index contributed by atoms with van der Waals surface area (Å²) in [5.41, 5.74) is 1.16. The Labute approximate surface area is 166 Å². The van der Waals surface area contributed by atoms with Gasteiger partial charge < -0.3 is 19.9 Å². The third-order valence-corrected chi connectivity index (χ3v) is 4.38. The summed E-state index contributed by atoms with van der Waals surface area (Å²) in [6.07, 6.45) is 3.15. The maximum absolute atomic E-state index is 12.5. The molecule has 0 atom stereocenters. The van der Waals surface area contributed by atoms with Crippen LogP contribution in [-0.4, -0.2) is 61.6 Å². The summed E-state index contributed by atoms with van der Waals surface area (Å²) in [5, 5.41) is 11.6. The van der Waals surface area contributed by atoms with Crippen LogP contribution in [0.4, 0.5) is 5.69 Å². The zero-order valence-electron chi connectivity index (χ0n) is 16.2. The van der Waals surface area contributed by atoms with Crippen LogP contribution >= 0.6 is 0 Å². The fourth-order valence-corrected chi connectivity index (χ4v) is 2.75. The predicted molar refractivity (Wildman–Crippen MR) is 107 cm³/mol. The number of carboxylic acids is 1. The third kappa shape index (κ3) is 4.85. The number of aromatic nitrogens is 4. The number of hydrogen-bond donors (Lipinski definition) is 2. The van der Waals surface area contributed by atoms with Crippen LogP contribution in [0.15, 0.2) is 41.7 Å². The summed E-state index contributed by atoms with van der Waals surface area (Å²) in [5.74, 6) is -1.27. The van der Waals surface area contributed by atoms with Gasteiger partial charge in [-0.05, 0) is 38.4 Å². The lowest BCUT2D eigenvalue weighted by atomic mass is 10.2. The van der Waals surface area contributed by atoms with Crippen molar-refractivity contribution in [2.45, 2.75) is 19.5 Å². The molecule has 29 heavy (non-hydrogen) atoms. The van der Waals surface area contributed by atoms with E-state index >= 15 is 0 Å². The Kier molecular flexibility index (Phi) is 6.03. The number of rotatable bonds is 8. The molecule has 0 fully saturated rings. The van der Waals surface area contributed by atoms with Crippen LogP contribution in [0.5, 0.6) is 0 Å². The number of carbonyl (C=O) groups excluding carboxylic acids is 1. The normalized spacial score (nSPS) is 11.1. The number of carboxylic acid groups (broad SMARTS) is 1. The second-order valence-electron chi connectivity index (χ2n) is 6.84. The molecule has 10 heteroatoms. The SMILES string of the molecule is CN(C)CCn1cnc2c(ncn2CCC(=O)Nc2ccc(C(=O)O)cc2)c1=O. The van der Waals surface area contributed by atoms with Crippen molar-refractivity contribution in [2.75, 3.05) is 26.0 Å². The van der Waals surface area contributed by atoms with E-state index in [0.717, 1.165) is 0 Å². The van der Waals surface area contributed by atoms with Crippen molar-refractivity contribution in [3.05, 3.63) is 52.8 Å². The first-order valence-corrected chi connectivity index (χ1v) is 9.03. The summed E-state index contributed by atoms with van der Waals surface area (Å²) < 4.78 is 3.19. The molecule has 3 aromatic rings. The molecule has 0 aliphatic carbocycles. The van der Waals surface area contributed by atoms with E-state index in [1.165, 1.54) is 41.5 Å². The number of fused-ring (bicyclic) bond motifs is 1. The van der Waals surface area contributed by atoms with Gasteiger partial charge in [-0.2, -0.15) is 0 Å². The summed E-state index contributed by atoms with van der Waals surface area (Å²) in [6.45, 7) is 1.54. The molecule has 2 aromatic heterocycles. The smallest absolute Gasteiger partial charge is 0.335 e. The molecular formula is C19H22N6O4. The summed E-state index contributed by atoms with van der Waals surface area (Å²) in [6, 6.07) is 5.91. The van der Waals surface area contributed by atoms with Crippen LogP contribution in [0.2, 0.25) is 0 Å². The minimum Gasteiger partial charge on any atom is -0.478 e. The van der Waals surface area contributed by atoms with Gasteiger partial charge in [-0.25, -0.2) is 14.8 Å². The standard InChI is InChI=1S/C19H22N6O4/c1-23(2)9-10-25-12-21-17-16(18(25)27)20-11-24(17)8-7-15(26)22-14-5-3-13(4-6-14)19(28)29/h3-6,11-12H,7-10H2,1-2H3,(H,22,26)(H,28,29). The molecule has 10 nitrogen and oxygen atoms in total. The molecular weight excluding hydrogens is 376 g/mol. The Hall–Kier alpha value is -3.53. The van der Waals surface area contributed by atoms with Gasteiger partial charge in [-0.1, -0.05) is 0 Å². The molecule has 0 aliphatic rings. The van der Waals surface area contributed by atoms with Gasteiger partial charge in [0.05, 0.1) is 11.9 Å². The molecule has 2 N–H and O–H groups in total. The zero-order valence-corrected chi connectivity index (χ0v) is 16.2. The van der Waals surface area contributed by atoms with Gasteiger partial charge in [0, 0.05) is 31.7 Å². The second-order valence-corrected chi connectivity index (χ2v) is 6.84. The number of aryl methyl sites for hydroxylation is 1. The Morgan fingerprint density at radius 2 is 1.76 bits per heavy atom. The number of amides is 1. The van der Waals surface area contributed by atoms with Gasteiger partial charge in [0.2, 0.25) is 5.91 Å². The molecule has 1 aromatic carbocycles. The van der Waals surface area contributed by atoms with E-state index < -0.39 is 5.97 Å². The van der Waals surface area contributed by atoms with Crippen LogP contribution < -0.4 is 10.9 Å². The van der Waals surface area contributed by atoms with Crippen LogP contribution in [0.1, 0.15) is 16.8 Å². The van der Waals surface area contributed by atoms with Crippen molar-refractivity contribution in [1.82, 2.24) is 24.0 Å². The topological polar surface area (TPSA) is 122 Å². The highest BCUT2D eigenvalue weighted by Crippen LogP contribution is 2.11. The monoisotopic (exact) mass is 398 g/mol. The molecule has 2 heterocycles. The number of hydrogen-bond acceptors (Lipinski definition) is 6. The van der Waals surface area contributed by atoms with E-state index in [4.69, 9.17) is 5.11 Å². The summed E-state index contributed by atoms with van der Waals surface area (Å²) >= 11 is 0. The first-order chi connectivity index (χ1) is 13.8. The molecule has 0 spiro atoms. The van der Waals surface area contributed by atoms with Crippen LogP contribution in [0.3, 0.4) is 0 Å². The van der Waals surface area contributed by atoms with E-state index in [1.54, 1.807) is 4.57 Å². The predicted octanol–water partition coefficient (Wildman–Crippen LogP) is 0.882. The summed E-state index contributed by atoms with van der Waals surface area (Å²) in [7, 11) is 3.86. The molecule has 1 amide bonds. The Morgan fingerprint density at radius 1 is 1.07 bits per heavy atom. The Balaban J connectivity index is 1.64. The Morgan fingerprint density at radius 3 is 2.41 bits per heavy atom. The highest BCUT2D eigenvalue weighted by atomic mass is 16.4. The number of likely N-dealkylation sites (N-methyl/N-ethyl adjacent to an activating group) is 1. The van der Waals surface area contributed by atoms with Gasteiger partial charge in [-0.3, -0.25) is 14.2 Å². The Bertz CT molecular complexity index is 1080. The van der Waals surface area contributed by atoms with Crippen LogP contribution in [-0.2, 0) is 17.9 Å². The molecule has 0 saturated carbocycles. The van der Waals surface area contributed by atoms with Crippen molar-refractivity contribution >= 4 is 28.7 Å². The average molecular weight is 398 g/mol. The van der Waals surface area contributed by atoms with Gasteiger partial charge in [0.15, 0.2) is 11.2 Å². The van der Waals surface area contributed by atoms with Crippen molar-refractivity contribution in [2.24, 2.45) is 0 Å². The summed E-state index contributed by atoms with van der Waals surface area (Å²) in [4.78, 5) is 46.0. The lowest BCUT2D eigenvalue weighted by Crippen LogP contribution is -2.27. The minimum absolute atomic E-state index is 0.148. The molecule has 152 valence electrons. The highest BCUT2D eigenvalue weighted by Gasteiger charge is 2.12. The molecule has 3 rings (SSSR count). The molecule has 0 radical (unpaired) electrons. The van der Waals surface area contributed by atoms with E-state index in [9.17, 15) is 14.4 Å². The number of benzene rings is 1. The van der Waals surface area contributed by atoms with Crippen LogP contribution in [0, 0.1) is 0 Å². The van der Waals surface area contributed by atoms with Gasteiger partial charge >= 0.3 is 5.97 Å². The zero-order chi connectivity index (χ0) is 21.0.